The highest BCUT2D eigenvalue weighted by molar-refractivity contribution is 9.10. The van der Waals surface area contributed by atoms with Gasteiger partial charge in [-0.25, -0.2) is 9.18 Å². The number of aromatic amines is 1. The van der Waals surface area contributed by atoms with Crippen LogP contribution in [0.3, 0.4) is 0 Å². The molecule has 4 nitrogen and oxygen atoms in total. The summed E-state index contributed by atoms with van der Waals surface area (Å²) in [6, 6.07) is 6.47. The number of carbonyl (C=O) groups is 1. The predicted molar refractivity (Wildman–Crippen MR) is 87.4 cm³/mol. The molecule has 0 amide bonds. The van der Waals surface area contributed by atoms with E-state index in [-0.39, 0.29) is 17.1 Å². The lowest BCUT2D eigenvalue weighted by Gasteiger charge is -2.18. The van der Waals surface area contributed by atoms with Gasteiger partial charge in [-0.15, -0.1) is 0 Å². The molecule has 23 heavy (non-hydrogen) atoms. The molecule has 0 spiro atoms. The second kappa shape index (κ2) is 4.83. The molecule has 0 bridgehead atoms. The topological polar surface area (TPSA) is 73.3 Å². The zero-order valence-electron chi connectivity index (χ0n) is 11.8. The molecule has 1 heterocycles. The molecule has 0 saturated heterocycles. The van der Waals surface area contributed by atoms with E-state index >= 15 is 0 Å². The van der Waals surface area contributed by atoms with Gasteiger partial charge in [-0.1, -0.05) is 6.07 Å². The third-order valence-electron chi connectivity index (χ3n) is 4.34. The largest absolute Gasteiger partial charge is 0.507 e. The van der Waals surface area contributed by atoms with Crippen molar-refractivity contribution in [1.82, 2.24) is 4.98 Å². The van der Waals surface area contributed by atoms with Gasteiger partial charge in [0.15, 0.2) is 5.82 Å². The Morgan fingerprint density at radius 3 is 2.78 bits per heavy atom. The van der Waals surface area contributed by atoms with Crippen molar-refractivity contribution in [2.45, 2.75) is 12.8 Å². The highest BCUT2D eigenvalue weighted by Gasteiger charge is 2.25. The zero-order valence-corrected chi connectivity index (χ0v) is 13.4. The second-order valence-electron chi connectivity index (χ2n) is 5.59. The lowest BCUT2D eigenvalue weighted by Crippen LogP contribution is -2.06. The van der Waals surface area contributed by atoms with Crippen molar-refractivity contribution < 1.29 is 19.4 Å². The maximum Gasteiger partial charge on any atom is 0.339 e. The van der Waals surface area contributed by atoms with Gasteiger partial charge in [-0.3, -0.25) is 0 Å². The third kappa shape index (κ3) is 1.98. The number of benzene rings is 2. The maximum atomic E-state index is 14.3. The Hall–Kier alpha value is -2.34. The number of H-pyrrole nitrogens is 1. The van der Waals surface area contributed by atoms with Gasteiger partial charge in [0.2, 0.25) is 0 Å². The molecule has 6 heteroatoms. The number of aryl methyl sites for hydroxylation is 2. The highest BCUT2D eigenvalue weighted by Crippen LogP contribution is 2.41. The van der Waals surface area contributed by atoms with Crippen LogP contribution in [0, 0.1) is 5.82 Å². The molecule has 0 aliphatic heterocycles. The van der Waals surface area contributed by atoms with Crippen LogP contribution in [0.2, 0.25) is 0 Å². The quantitative estimate of drug-likeness (QED) is 0.595. The molecule has 1 aromatic heterocycles. The summed E-state index contributed by atoms with van der Waals surface area (Å²) in [5.41, 5.74) is 3.59. The Balaban J connectivity index is 2.02. The van der Waals surface area contributed by atoms with E-state index < -0.39 is 5.97 Å². The van der Waals surface area contributed by atoms with Crippen LogP contribution < -0.4 is 0 Å². The number of nitrogens with one attached hydrogen (secondary N) is 1. The van der Waals surface area contributed by atoms with Crippen molar-refractivity contribution in [2.24, 2.45) is 0 Å². The molecule has 1 aliphatic rings. The molecule has 3 N–H and O–H groups in total. The van der Waals surface area contributed by atoms with Gasteiger partial charge in [0.1, 0.15) is 11.3 Å². The monoisotopic (exact) mass is 375 g/mol. The van der Waals surface area contributed by atoms with Gasteiger partial charge in [0, 0.05) is 10.9 Å². The molecule has 2 aromatic carbocycles. The van der Waals surface area contributed by atoms with E-state index in [4.69, 9.17) is 5.11 Å². The number of carboxylic acid groups (broad SMARTS) is 1. The fourth-order valence-electron chi connectivity index (χ4n) is 3.25. The van der Waals surface area contributed by atoms with Crippen LogP contribution in [-0.2, 0) is 12.8 Å². The predicted octanol–water partition coefficient (Wildman–Crippen LogP) is 4.24. The molecule has 3 aromatic rings. The standard InChI is InChI=1S/C17H11BrFNO3/c18-12-4-3-9-8-2-1-7-5-11(17(22)23)13(21)6-10(7)15(8)20-16(9)14(12)19/h3-6,20-21H,1-2H2,(H,22,23). The molecular formula is C17H11BrFNO3. The van der Waals surface area contributed by atoms with E-state index in [9.17, 15) is 14.3 Å². The van der Waals surface area contributed by atoms with E-state index in [1.54, 1.807) is 6.07 Å². The van der Waals surface area contributed by atoms with Crippen LogP contribution in [-0.4, -0.2) is 21.2 Å². The Bertz CT molecular complexity index is 993. The van der Waals surface area contributed by atoms with E-state index in [0.29, 0.717) is 22.8 Å². The lowest BCUT2D eigenvalue weighted by molar-refractivity contribution is 0.0693. The molecule has 0 saturated carbocycles. The Morgan fingerprint density at radius 1 is 1.26 bits per heavy atom. The Labute approximate surface area is 138 Å². The number of aromatic nitrogens is 1. The number of phenols is 1. The number of aromatic carboxylic acids is 1. The molecule has 1 aliphatic carbocycles. The molecule has 0 atom stereocenters. The summed E-state index contributed by atoms with van der Waals surface area (Å²) in [7, 11) is 0. The van der Waals surface area contributed by atoms with Crippen molar-refractivity contribution in [3.8, 4) is 17.0 Å². The number of carboxylic acids is 1. The van der Waals surface area contributed by atoms with Crippen molar-refractivity contribution in [3.63, 3.8) is 0 Å². The second-order valence-corrected chi connectivity index (χ2v) is 6.45. The summed E-state index contributed by atoms with van der Waals surface area (Å²) in [6.45, 7) is 0. The van der Waals surface area contributed by atoms with Gasteiger partial charge in [-0.2, -0.15) is 0 Å². The molecule has 0 unspecified atom stereocenters. The lowest BCUT2D eigenvalue weighted by atomic mass is 9.87. The highest BCUT2D eigenvalue weighted by atomic mass is 79.9. The number of fused-ring (bicyclic) bond motifs is 5. The van der Waals surface area contributed by atoms with Crippen molar-refractivity contribution in [2.75, 3.05) is 0 Å². The first-order valence-corrected chi connectivity index (χ1v) is 7.84. The van der Waals surface area contributed by atoms with E-state index in [0.717, 1.165) is 27.8 Å². The van der Waals surface area contributed by atoms with Gasteiger partial charge in [0.25, 0.3) is 0 Å². The molecular weight excluding hydrogens is 365 g/mol. The van der Waals surface area contributed by atoms with Gasteiger partial charge >= 0.3 is 5.97 Å². The first-order valence-electron chi connectivity index (χ1n) is 7.05. The minimum absolute atomic E-state index is 0.114. The molecule has 0 radical (unpaired) electrons. The van der Waals surface area contributed by atoms with Crippen LogP contribution >= 0.6 is 15.9 Å². The minimum atomic E-state index is -1.16. The summed E-state index contributed by atoms with van der Waals surface area (Å²) in [4.78, 5) is 14.2. The maximum absolute atomic E-state index is 14.3. The Morgan fingerprint density at radius 2 is 2.04 bits per heavy atom. The number of halogens is 2. The van der Waals surface area contributed by atoms with Crippen molar-refractivity contribution >= 4 is 32.8 Å². The number of aromatic hydroxyl groups is 1. The SMILES string of the molecule is O=C(O)c1cc2c(cc1O)-c1[nH]c3c(F)c(Br)ccc3c1CC2. The molecule has 4 rings (SSSR count). The normalized spacial score (nSPS) is 13.0. The summed E-state index contributed by atoms with van der Waals surface area (Å²) in [5, 5.41) is 19.9. The fourth-order valence-corrected chi connectivity index (χ4v) is 3.58. The number of rotatable bonds is 1. The van der Waals surface area contributed by atoms with Crippen LogP contribution in [0.4, 0.5) is 4.39 Å². The van der Waals surface area contributed by atoms with Crippen molar-refractivity contribution in [3.05, 3.63) is 51.2 Å². The number of hydrogen-bond acceptors (Lipinski definition) is 2. The fraction of sp³-hybridized carbons (Fsp3) is 0.118. The van der Waals surface area contributed by atoms with E-state index in [1.165, 1.54) is 12.1 Å². The van der Waals surface area contributed by atoms with Crippen LogP contribution in [0.5, 0.6) is 5.75 Å². The van der Waals surface area contributed by atoms with Gasteiger partial charge < -0.3 is 15.2 Å². The van der Waals surface area contributed by atoms with Crippen molar-refractivity contribution in [1.29, 1.82) is 0 Å². The average Bonchev–Trinajstić information content (AvgIpc) is 2.90. The van der Waals surface area contributed by atoms with Gasteiger partial charge in [0.05, 0.1) is 15.7 Å². The Kier molecular flexibility index (Phi) is 2.99. The third-order valence-corrected chi connectivity index (χ3v) is 4.95. The summed E-state index contributed by atoms with van der Waals surface area (Å²) in [6.07, 6.45) is 1.33. The zero-order chi connectivity index (χ0) is 16.3. The first kappa shape index (κ1) is 14.3. The first-order chi connectivity index (χ1) is 11.0. The number of hydrogen-bond donors (Lipinski definition) is 3. The van der Waals surface area contributed by atoms with Crippen LogP contribution in [0.1, 0.15) is 21.5 Å². The smallest absolute Gasteiger partial charge is 0.339 e. The summed E-state index contributed by atoms with van der Waals surface area (Å²) in [5.74, 6) is -1.81. The summed E-state index contributed by atoms with van der Waals surface area (Å²) < 4.78 is 14.7. The summed E-state index contributed by atoms with van der Waals surface area (Å²) >= 11 is 3.18. The van der Waals surface area contributed by atoms with Crippen LogP contribution in [0.15, 0.2) is 28.7 Å². The van der Waals surface area contributed by atoms with Crippen LogP contribution in [0.25, 0.3) is 22.2 Å². The minimum Gasteiger partial charge on any atom is -0.507 e. The van der Waals surface area contributed by atoms with E-state index in [2.05, 4.69) is 20.9 Å². The molecule has 116 valence electrons. The van der Waals surface area contributed by atoms with Gasteiger partial charge in [-0.05, 0) is 58.1 Å². The van der Waals surface area contributed by atoms with E-state index in [1.807, 2.05) is 6.07 Å². The molecule has 0 fully saturated rings. The average molecular weight is 376 g/mol.